The second-order valence-corrected chi connectivity index (χ2v) is 6.29. The van der Waals surface area contributed by atoms with E-state index in [1.807, 2.05) is 0 Å². The van der Waals surface area contributed by atoms with Crippen molar-refractivity contribution < 1.29 is 4.74 Å². The quantitative estimate of drug-likeness (QED) is 0.890. The molecule has 0 spiro atoms. The first-order chi connectivity index (χ1) is 9.61. The second kappa shape index (κ2) is 7.41. The van der Waals surface area contributed by atoms with Crippen LogP contribution in [-0.4, -0.2) is 50.8 Å². The van der Waals surface area contributed by atoms with Gasteiger partial charge in [0.05, 0.1) is 13.2 Å². The van der Waals surface area contributed by atoms with Crippen molar-refractivity contribution in [1.82, 2.24) is 4.90 Å². The van der Waals surface area contributed by atoms with E-state index < -0.39 is 0 Å². The molecule has 1 unspecified atom stereocenters. The molecule has 5 heteroatoms. The highest BCUT2D eigenvalue weighted by Crippen LogP contribution is 2.27. The fraction of sp³-hybridized carbons (Fsp3) is 0.600. The average molecular weight is 342 g/mol. The van der Waals surface area contributed by atoms with Gasteiger partial charge < -0.3 is 15.4 Å². The lowest BCUT2D eigenvalue weighted by molar-refractivity contribution is 0.122. The van der Waals surface area contributed by atoms with Crippen LogP contribution in [0, 0.1) is 0 Å². The molecule has 4 nitrogen and oxygen atoms in total. The summed E-state index contributed by atoms with van der Waals surface area (Å²) >= 11 is 3.58. The Labute approximate surface area is 130 Å². The zero-order valence-electron chi connectivity index (χ0n) is 12.3. The lowest BCUT2D eigenvalue weighted by Gasteiger charge is -2.32. The number of benzene rings is 1. The van der Waals surface area contributed by atoms with Gasteiger partial charge >= 0.3 is 0 Å². The largest absolute Gasteiger partial charge is 0.378 e. The maximum atomic E-state index is 5.76. The third-order valence-corrected chi connectivity index (χ3v) is 4.41. The highest BCUT2D eigenvalue weighted by Gasteiger charge is 2.17. The van der Waals surface area contributed by atoms with Gasteiger partial charge in [-0.25, -0.2) is 0 Å². The maximum absolute atomic E-state index is 5.76. The molecule has 1 atom stereocenters. The van der Waals surface area contributed by atoms with Gasteiger partial charge in [-0.2, -0.15) is 0 Å². The van der Waals surface area contributed by atoms with Gasteiger partial charge in [-0.3, -0.25) is 4.90 Å². The number of hydrogen-bond acceptors (Lipinski definition) is 4. The smallest absolute Gasteiger partial charge is 0.0642 e. The summed E-state index contributed by atoms with van der Waals surface area (Å²) in [6.45, 7) is 7.28. The molecule has 0 bridgehead atoms. The first-order valence-corrected chi connectivity index (χ1v) is 7.92. The Bertz CT molecular complexity index is 435. The van der Waals surface area contributed by atoms with Gasteiger partial charge in [0.15, 0.2) is 0 Å². The van der Waals surface area contributed by atoms with E-state index in [9.17, 15) is 0 Å². The van der Waals surface area contributed by atoms with E-state index in [2.05, 4.69) is 57.9 Å². The minimum absolute atomic E-state index is 0.385. The summed E-state index contributed by atoms with van der Waals surface area (Å²) in [6, 6.07) is 6.91. The molecule has 112 valence electrons. The molecule has 0 saturated carbocycles. The molecule has 0 aromatic heterocycles. The van der Waals surface area contributed by atoms with E-state index >= 15 is 0 Å². The van der Waals surface area contributed by atoms with Crippen LogP contribution in [0.3, 0.4) is 0 Å². The fourth-order valence-electron chi connectivity index (χ4n) is 2.37. The van der Waals surface area contributed by atoms with Gasteiger partial charge in [0, 0.05) is 42.4 Å². The Morgan fingerprint density at radius 1 is 1.40 bits per heavy atom. The van der Waals surface area contributed by atoms with Gasteiger partial charge in [-0.1, -0.05) is 22.0 Å². The van der Waals surface area contributed by atoms with Crippen LogP contribution in [0.5, 0.6) is 0 Å². The number of morpholine rings is 1. The minimum atomic E-state index is 0.385. The van der Waals surface area contributed by atoms with Crippen molar-refractivity contribution in [2.45, 2.75) is 19.5 Å². The number of likely N-dealkylation sites (N-methyl/N-ethyl adjacent to an activating group) is 1. The summed E-state index contributed by atoms with van der Waals surface area (Å²) in [7, 11) is 2.13. The van der Waals surface area contributed by atoms with E-state index in [-0.39, 0.29) is 0 Å². The molecule has 0 amide bonds. The predicted octanol–water partition coefficient (Wildman–Crippen LogP) is 2.06. The SMILES string of the molecule is CC(CN)N(C)Cc1ccc(Br)cc1N1CCOCC1. The van der Waals surface area contributed by atoms with Crippen LogP contribution in [0.2, 0.25) is 0 Å². The van der Waals surface area contributed by atoms with Crippen LogP contribution in [-0.2, 0) is 11.3 Å². The molecule has 0 radical (unpaired) electrons. The molecule has 1 heterocycles. The number of ether oxygens (including phenoxy) is 1. The first-order valence-electron chi connectivity index (χ1n) is 7.13. The maximum Gasteiger partial charge on any atom is 0.0642 e. The van der Waals surface area contributed by atoms with E-state index in [4.69, 9.17) is 10.5 Å². The van der Waals surface area contributed by atoms with E-state index in [0.29, 0.717) is 12.6 Å². The van der Waals surface area contributed by atoms with Crippen molar-refractivity contribution in [3.63, 3.8) is 0 Å². The van der Waals surface area contributed by atoms with Crippen LogP contribution in [0.15, 0.2) is 22.7 Å². The van der Waals surface area contributed by atoms with Gasteiger partial charge in [0.1, 0.15) is 0 Å². The molecule has 1 saturated heterocycles. The molecule has 1 aliphatic rings. The highest BCUT2D eigenvalue weighted by atomic mass is 79.9. The van der Waals surface area contributed by atoms with Crippen LogP contribution in [0.4, 0.5) is 5.69 Å². The number of rotatable bonds is 5. The number of nitrogens with zero attached hydrogens (tertiary/aromatic N) is 2. The number of nitrogens with two attached hydrogens (primary N) is 1. The normalized spacial score (nSPS) is 17.6. The van der Waals surface area contributed by atoms with Crippen molar-refractivity contribution in [2.24, 2.45) is 5.73 Å². The Morgan fingerprint density at radius 2 is 2.10 bits per heavy atom. The number of anilines is 1. The first kappa shape index (κ1) is 15.8. The summed E-state index contributed by atoms with van der Waals surface area (Å²) in [6.07, 6.45) is 0. The molecule has 1 aromatic carbocycles. The summed E-state index contributed by atoms with van der Waals surface area (Å²) < 4.78 is 6.57. The second-order valence-electron chi connectivity index (χ2n) is 5.37. The van der Waals surface area contributed by atoms with Gasteiger partial charge in [-0.05, 0) is 31.7 Å². The van der Waals surface area contributed by atoms with E-state index in [0.717, 1.165) is 37.3 Å². The standard InChI is InChI=1S/C15H24BrN3O/c1-12(10-17)18(2)11-13-3-4-14(16)9-15(13)19-5-7-20-8-6-19/h3-4,9,12H,5-8,10-11,17H2,1-2H3. The lowest BCUT2D eigenvalue weighted by atomic mass is 10.1. The molecule has 0 aliphatic carbocycles. The van der Waals surface area contributed by atoms with Crippen molar-refractivity contribution in [3.05, 3.63) is 28.2 Å². The Kier molecular flexibility index (Phi) is 5.84. The molecule has 20 heavy (non-hydrogen) atoms. The minimum Gasteiger partial charge on any atom is -0.378 e. The molecule has 1 fully saturated rings. The van der Waals surface area contributed by atoms with Crippen LogP contribution in [0.25, 0.3) is 0 Å². The van der Waals surface area contributed by atoms with Crippen molar-refractivity contribution in [2.75, 3.05) is 44.8 Å². The number of hydrogen-bond donors (Lipinski definition) is 1. The third-order valence-electron chi connectivity index (χ3n) is 3.91. The summed E-state index contributed by atoms with van der Waals surface area (Å²) in [5.41, 5.74) is 8.41. The monoisotopic (exact) mass is 341 g/mol. The van der Waals surface area contributed by atoms with Gasteiger partial charge in [0.2, 0.25) is 0 Å². The zero-order chi connectivity index (χ0) is 14.5. The Morgan fingerprint density at radius 3 is 2.75 bits per heavy atom. The Hall–Kier alpha value is -0.620. The summed E-state index contributed by atoms with van der Waals surface area (Å²) in [5, 5.41) is 0. The average Bonchev–Trinajstić information content (AvgIpc) is 2.49. The molecular formula is C15H24BrN3O. The topological polar surface area (TPSA) is 41.7 Å². The lowest BCUT2D eigenvalue weighted by Crippen LogP contribution is -2.38. The van der Waals surface area contributed by atoms with E-state index in [1.165, 1.54) is 11.3 Å². The molecular weight excluding hydrogens is 318 g/mol. The van der Waals surface area contributed by atoms with Crippen LogP contribution >= 0.6 is 15.9 Å². The van der Waals surface area contributed by atoms with Crippen LogP contribution in [0.1, 0.15) is 12.5 Å². The van der Waals surface area contributed by atoms with Crippen molar-refractivity contribution >= 4 is 21.6 Å². The van der Waals surface area contributed by atoms with Gasteiger partial charge in [-0.15, -0.1) is 0 Å². The Balaban J connectivity index is 2.18. The molecule has 2 rings (SSSR count). The van der Waals surface area contributed by atoms with E-state index in [1.54, 1.807) is 0 Å². The van der Waals surface area contributed by atoms with Crippen molar-refractivity contribution in [1.29, 1.82) is 0 Å². The van der Waals surface area contributed by atoms with Gasteiger partial charge in [0.25, 0.3) is 0 Å². The van der Waals surface area contributed by atoms with Crippen LogP contribution < -0.4 is 10.6 Å². The molecule has 2 N–H and O–H groups in total. The molecule has 1 aromatic rings. The summed E-state index contributed by atoms with van der Waals surface area (Å²) in [4.78, 5) is 4.71. The zero-order valence-corrected chi connectivity index (χ0v) is 13.9. The summed E-state index contributed by atoms with van der Waals surface area (Å²) in [5.74, 6) is 0. The highest BCUT2D eigenvalue weighted by molar-refractivity contribution is 9.10. The molecule has 1 aliphatic heterocycles. The fourth-order valence-corrected chi connectivity index (χ4v) is 2.72. The number of halogens is 1. The van der Waals surface area contributed by atoms with Crippen molar-refractivity contribution in [3.8, 4) is 0 Å². The third kappa shape index (κ3) is 3.95. The predicted molar refractivity (Wildman–Crippen MR) is 87.2 cm³/mol.